The Bertz CT molecular complexity index is 1430. The van der Waals surface area contributed by atoms with Gasteiger partial charge < -0.3 is 15.4 Å². The zero-order valence-corrected chi connectivity index (χ0v) is 22.0. The van der Waals surface area contributed by atoms with E-state index in [0.717, 1.165) is 17.0 Å². The molecule has 2 aromatic carbocycles. The maximum Gasteiger partial charge on any atom is 0.276 e. The zero-order valence-electron chi connectivity index (χ0n) is 22.0. The summed E-state index contributed by atoms with van der Waals surface area (Å²) in [6, 6.07) is 15.2. The normalized spacial score (nSPS) is 11.3. The molecule has 2 heterocycles. The van der Waals surface area contributed by atoms with Crippen LogP contribution < -0.4 is 15.4 Å². The van der Waals surface area contributed by atoms with Crippen LogP contribution >= 0.6 is 0 Å². The van der Waals surface area contributed by atoms with Crippen molar-refractivity contribution in [2.75, 3.05) is 10.6 Å². The van der Waals surface area contributed by atoms with Gasteiger partial charge in [0.1, 0.15) is 18.1 Å². The van der Waals surface area contributed by atoms with E-state index in [9.17, 15) is 9.59 Å². The number of carbonyl (C=O) groups is 2. The van der Waals surface area contributed by atoms with Crippen LogP contribution in [0.2, 0.25) is 0 Å². The maximum atomic E-state index is 13.0. The number of hydrogen-bond donors (Lipinski definition) is 2. The molecule has 0 saturated heterocycles. The fourth-order valence-corrected chi connectivity index (χ4v) is 3.82. The molecule has 0 saturated carbocycles. The molecule has 0 aliphatic carbocycles. The Balaban J connectivity index is 1.43. The third-order valence-electron chi connectivity index (χ3n) is 6.20. The molecule has 0 spiro atoms. The molecule has 192 valence electrons. The number of amides is 2. The zero-order chi connectivity index (χ0) is 26.7. The van der Waals surface area contributed by atoms with Crippen LogP contribution in [-0.2, 0) is 26.1 Å². The summed E-state index contributed by atoms with van der Waals surface area (Å²) < 4.78 is 9.02. The van der Waals surface area contributed by atoms with E-state index >= 15 is 0 Å². The molecule has 0 bridgehead atoms. The predicted octanol–water partition coefficient (Wildman–Crippen LogP) is 4.84. The Morgan fingerprint density at radius 1 is 0.892 bits per heavy atom. The number of anilines is 2. The molecule has 0 fully saturated rings. The molecule has 2 amide bonds. The van der Waals surface area contributed by atoms with Gasteiger partial charge in [-0.05, 0) is 47.7 Å². The van der Waals surface area contributed by atoms with Gasteiger partial charge in [-0.25, -0.2) is 0 Å². The van der Waals surface area contributed by atoms with Crippen molar-refractivity contribution < 1.29 is 14.3 Å². The van der Waals surface area contributed by atoms with E-state index in [1.165, 1.54) is 16.4 Å². The van der Waals surface area contributed by atoms with Crippen LogP contribution in [0.1, 0.15) is 58.4 Å². The number of benzene rings is 2. The van der Waals surface area contributed by atoms with Crippen molar-refractivity contribution in [2.24, 2.45) is 14.1 Å². The first kappa shape index (κ1) is 25.7. The number of ether oxygens (including phenoxy) is 1. The summed E-state index contributed by atoms with van der Waals surface area (Å²) in [6.45, 7) is 8.68. The fraction of sp³-hybridized carbons (Fsp3) is 0.286. The summed E-state index contributed by atoms with van der Waals surface area (Å²) in [7, 11) is 3.44. The van der Waals surface area contributed by atoms with Gasteiger partial charge in [-0.1, -0.05) is 45.0 Å². The van der Waals surface area contributed by atoms with E-state index in [1.807, 2.05) is 25.1 Å². The Hall–Kier alpha value is -4.40. The molecular formula is C28H32N6O3. The highest BCUT2D eigenvalue weighted by molar-refractivity contribution is 6.11. The average Bonchev–Trinajstić information content (AvgIpc) is 3.38. The van der Waals surface area contributed by atoms with Crippen molar-refractivity contribution in [1.29, 1.82) is 0 Å². The van der Waals surface area contributed by atoms with Crippen molar-refractivity contribution in [1.82, 2.24) is 19.6 Å². The molecular weight excluding hydrogens is 468 g/mol. The Morgan fingerprint density at radius 2 is 1.54 bits per heavy atom. The van der Waals surface area contributed by atoms with Crippen LogP contribution in [0.5, 0.6) is 5.75 Å². The van der Waals surface area contributed by atoms with Crippen molar-refractivity contribution in [3.8, 4) is 5.75 Å². The lowest BCUT2D eigenvalue weighted by molar-refractivity contribution is 0.101. The van der Waals surface area contributed by atoms with Gasteiger partial charge in [-0.3, -0.25) is 19.0 Å². The second-order valence-corrected chi connectivity index (χ2v) is 9.97. The van der Waals surface area contributed by atoms with Gasteiger partial charge in [-0.2, -0.15) is 10.2 Å². The average molecular weight is 501 g/mol. The lowest BCUT2D eigenvalue weighted by Crippen LogP contribution is -2.20. The standard InChI is InChI=1S/C28H32N6O3/c1-18-23(15-29-33(18)5)31-27(36)25-24(16-30-34(25)6)32-26(35)20-9-7-8-19(14-20)17-37-22-12-10-21(11-13-22)28(2,3)4/h7-16H,17H2,1-6H3,(H,31,36)(H,32,35). The second-order valence-electron chi connectivity index (χ2n) is 9.97. The lowest BCUT2D eigenvalue weighted by Gasteiger charge is -2.19. The summed E-state index contributed by atoms with van der Waals surface area (Å²) in [5, 5.41) is 13.9. The minimum Gasteiger partial charge on any atom is -0.489 e. The molecule has 9 heteroatoms. The van der Waals surface area contributed by atoms with E-state index in [-0.39, 0.29) is 17.0 Å². The van der Waals surface area contributed by atoms with Gasteiger partial charge in [0, 0.05) is 19.7 Å². The van der Waals surface area contributed by atoms with E-state index in [2.05, 4.69) is 53.7 Å². The summed E-state index contributed by atoms with van der Waals surface area (Å²) in [5.41, 5.74) is 4.55. The maximum absolute atomic E-state index is 13.0. The van der Waals surface area contributed by atoms with Crippen LogP contribution in [-0.4, -0.2) is 31.4 Å². The molecule has 9 nitrogen and oxygen atoms in total. The summed E-state index contributed by atoms with van der Waals surface area (Å²) in [5.74, 6) is 0.0136. The van der Waals surface area contributed by atoms with Crippen LogP contribution in [0.4, 0.5) is 11.4 Å². The van der Waals surface area contributed by atoms with Crippen LogP contribution in [0.25, 0.3) is 0 Å². The highest BCUT2D eigenvalue weighted by atomic mass is 16.5. The van der Waals surface area contributed by atoms with Gasteiger partial charge >= 0.3 is 0 Å². The highest BCUT2D eigenvalue weighted by Crippen LogP contribution is 2.25. The number of rotatable bonds is 7. The molecule has 0 radical (unpaired) electrons. The first-order valence-electron chi connectivity index (χ1n) is 12.0. The van der Waals surface area contributed by atoms with E-state index < -0.39 is 5.91 Å². The van der Waals surface area contributed by atoms with Crippen molar-refractivity contribution in [3.05, 3.63) is 89.0 Å². The minimum absolute atomic E-state index is 0.0761. The molecule has 4 rings (SSSR count). The first-order valence-corrected chi connectivity index (χ1v) is 12.0. The lowest BCUT2D eigenvalue weighted by atomic mass is 9.87. The molecule has 0 aliphatic heterocycles. The quantitative estimate of drug-likeness (QED) is 0.378. The molecule has 0 aliphatic rings. The Morgan fingerprint density at radius 3 is 2.19 bits per heavy atom. The Kier molecular flexibility index (Phi) is 7.15. The number of nitrogens with zero attached hydrogens (tertiary/aromatic N) is 4. The number of aromatic nitrogens is 4. The molecule has 0 atom stereocenters. The van der Waals surface area contributed by atoms with Gasteiger partial charge in [0.05, 0.1) is 29.5 Å². The van der Waals surface area contributed by atoms with E-state index in [0.29, 0.717) is 23.5 Å². The smallest absolute Gasteiger partial charge is 0.276 e. The molecule has 2 aromatic heterocycles. The van der Waals surface area contributed by atoms with Crippen molar-refractivity contribution in [2.45, 2.75) is 39.7 Å². The van der Waals surface area contributed by atoms with Crippen LogP contribution in [0, 0.1) is 6.92 Å². The first-order chi connectivity index (χ1) is 17.5. The highest BCUT2D eigenvalue weighted by Gasteiger charge is 2.21. The van der Waals surface area contributed by atoms with Crippen molar-refractivity contribution in [3.63, 3.8) is 0 Å². The molecule has 2 N–H and O–H groups in total. The number of hydrogen-bond acceptors (Lipinski definition) is 5. The van der Waals surface area contributed by atoms with Gasteiger partial charge in [0.15, 0.2) is 0 Å². The summed E-state index contributed by atoms with van der Waals surface area (Å²) in [4.78, 5) is 26.0. The fourth-order valence-electron chi connectivity index (χ4n) is 3.82. The number of aryl methyl sites for hydroxylation is 2. The van der Waals surface area contributed by atoms with E-state index in [4.69, 9.17) is 4.74 Å². The summed E-state index contributed by atoms with van der Waals surface area (Å²) in [6.07, 6.45) is 3.03. The number of nitrogens with one attached hydrogen (secondary N) is 2. The molecule has 4 aromatic rings. The van der Waals surface area contributed by atoms with Crippen LogP contribution in [0.3, 0.4) is 0 Å². The third-order valence-corrected chi connectivity index (χ3v) is 6.20. The van der Waals surface area contributed by atoms with Gasteiger partial charge in [0.2, 0.25) is 0 Å². The monoisotopic (exact) mass is 500 g/mol. The second kappa shape index (κ2) is 10.3. The van der Waals surface area contributed by atoms with Crippen molar-refractivity contribution >= 4 is 23.2 Å². The largest absolute Gasteiger partial charge is 0.489 e. The minimum atomic E-state index is -0.397. The third kappa shape index (κ3) is 5.88. The molecule has 0 unspecified atom stereocenters. The molecule has 37 heavy (non-hydrogen) atoms. The summed E-state index contributed by atoms with van der Waals surface area (Å²) >= 11 is 0. The van der Waals surface area contributed by atoms with Gasteiger partial charge in [-0.15, -0.1) is 0 Å². The van der Waals surface area contributed by atoms with Gasteiger partial charge in [0.25, 0.3) is 11.8 Å². The predicted molar refractivity (Wildman–Crippen MR) is 143 cm³/mol. The SMILES string of the molecule is Cc1c(NC(=O)c2c(NC(=O)c3cccc(COc4ccc(C(C)(C)C)cc4)c3)cnn2C)cnn1C. The Labute approximate surface area is 216 Å². The van der Waals surface area contributed by atoms with Crippen LogP contribution in [0.15, 0.2) is 60.9 Å². The number of carbonyl (C=O) groups excluding carboxylic acids is 2. The topological polar surface area (TPSA) is 103 Å². The van der Waals surface area contributed by atoms with E-state index in [1.54, 1.807) is 43.2 Å².